The molecule has 1 aromatic heterocycles. The van der Waals surface area contributed by atoms with Crippen molar-refractivity contribution in [3.05, 3.63) is 43.0 Å². The van der Waals surface area contributed by atoms with E-state index in [-0.39, 0.29) is 17.2 Å². The Bertz CT molecular complexity index is 818. The summed E-state index contributed by atoms with van der Waals surface area (Å²) in [5.74, 6) is 0. The van der Waals surface area contributed by atoms with Crippen molar-refractivity contribution >= 4 is 30.2 Å². The minimum absolute atomic E-state index is 0.0916. The van der Waals surface area contributed by atoms with Crippen molar-refractivity contribution in [3.63, 3.8) is 0 Å². The number of H-pyrrole nitrogens is 1. The number of nitrogens with one attached hydrogen (secondary N) is 1. The zero-order valence-electron chi connectivity index (χ0n) is 12.5. The van der Waals surface area contributed by atoms with Crippen LogP contribution < -0.4 is 11.2 Å². The molecule has 2 rings (SSSR count). The van der Waals surface area contributed by atoms with Gasteiger partial charge in [-0.25, -0.2) is 4.79 Å². The maximum atomic E-state index is 11.9. The molecule has 4 atom stereocenters. The van der Waals surface area contributed by atoms with Gasteiger partial charge in [0, 0.05) is 23.1 Å². The van der Waals surface area contributed by atoms with Gasteiger partial charge in [0.25, 0.3) is 5.56 Å². The Balaban J connectivity index is 2.22. The molecule has 11 nitrogen and oxygen atoms in total. The molecular weight excluding hydrogens is 456 g/mol. The van der Waals surface area contributed by atoms with E-state index in [0.717, 1.165) is 0 Å². The fourth-order valence-corrected chi connectivity index (χ4v) is 3.29. The Labute approximate surface area is 149 Å². The summed E-state index contributed by atoms with van der Waals surface area (Å²) >= 11 is 1.72. The van der Waals surface area contributed by atoms with Crippen molar-refractivity contribution in [2.24, 2.45) is 5.11 Å². The number of nitrogens with zero attached hydrogens (tertiary/aromatic N) is 4. The summed E-state index contributed by atoms with van der Waals surface area (Å²) in [7, 11) is -3.73. The largest absolute Gasteiger partial charge is 0.352 e. The first-order chi connectivity index (χ1) is 11.3. The van der Waals surface area contributed by atoms with E-state index in [9.17, 15) is 19.0 Å². The maximum Gasteiger partial charge on any atom is 0.337 e. The van der Waals surface area contributed by atoms with Gasteiger partial charge in [0.15, 0.2) is 0 Å². The van der Waals surface area contributed by atoms with E-state index in [0.29, 0.717) is 5.56 Å². The van der Waals surface area contributed by atoms with Gasteiger partial charge < -0.3 is 14.2 Å². The molecule has 0 aliphatic carbocycles. The average Bonchev–Trinajstić information content (AvgIpc) is 2.92. The molecule has 0 amide bonds. The van der Waals surface area contributed by atoms with E-state index < -0.39 is 37.2 Å². The standard InChI is InChI=1S/C11H15IN5O6P/c1-6-3-17(11(19)14-10(6)18)9-2-7(15-16-13)8(23-9)4-22-24(20,21)5-12/h3,7-9H,2,4-5H2,1H3,(H,20,21)(H,14,18,19)/t7-,8+,9+/m0/s1. The summed E-state index contributed by atoms with van der Waals surface area (Å²) in [6.45, 7) is 1.28. The number of rotatable bonds is 6. The van der Waals surface area contributed by atoms with Gasteiger partial charge in [0.1, 0.15) is 10.4 Å². The molecule has 0 saturated carbocycles. The topological polar surface area (TPSA) is 159 Å². The summed E-state index contributed by atoms with van der Waals surface area (Å²) in [5.41, 5.74) is 7.82. The molecule has 2 heterocycles. The smallest absolute Gasteiger partial charge is 0.337 e. The van der Waals surface area contributed by atoms with Gasteiger partial charge in [-0.3, -0.25) is 18.9 Å². The first kappa shape index (κ1) is 19.2. The Morgan fingerprint density at radius 3 is 3.00 bits per heavy atom. The number of aromatic amines is 1. The van der Waals surface area contributed by atoms with Gasteiger partial charge in [0.2, 0.25) is 0 Å². The monoisotopic (exact) mass is 471 g/mol. The molecule has 0 radical (unpaired) electrons. The lowest BCUT2D eigenvalue weighted by Gasteiger charge is -2.18. The molecule has 132 valence electrons. The van der Waals surface area contributed by atoms with E-state index in [1.807, 2.05) is 0 Å². The van der Waals surface area contributed by atoms with Crippen molar-refractivity contribution in [2.75, 3.05) is 10.8 Å². The second kappa shape index (κ2) is 7.81. The van der Waals surface area contributed by atoms with Crippen LogP contribution in [0.3, 0.4) is 0 Å². The van der Waals surface area contributed by atoms with Crippen molar-refractivity contribution in [1.82, 2.24) is 9.55 Å². The predicted molar refractivity (Wildman–Crippen MR) is 92.2 cm³/mol. The normalized spacial score (nSPS) is 25.9. The van der Waals surface area contributed by atoms with E-state index in [1.165, 1.54) is 17.7 Å². The molecule has 1 saturated heterocycles. The molecule has 1 aliphatic rings. The zero-order chi connectivity index (χ0) is 17.9. The first-order valence-corrected chi connectivity index (χ1v) is 10.1. The lowest BCUT2D eigenvalue weighted by molar-refractivity contribution is -0.0237. The highest BCUT2D eigenvalue weighted by atomic mass is 127. The molecule has 24 heavy (non-hydrogen) atoms. The van der Waals surface area contributed by atoms with E-state index in [1.54, 1.807) is 22.6 Å². The van der Waals surface area contributed by atoms with Crippen molar-refractivity contribution in [2.45, 2.75) is 31.7 Å². The molecule has 13 heteroatoms. The number of hydrogen-bond acceptors (Lipinski definition) is 6. The number of halogens is 1. The van der Waals surface area contributed by atoms with Crippen LogP contribution in [-0.4, -0.2) is 37.4 Å². The van der Waals surface area contributed by atoms with E-state index >= 15 is 0 Å². The Morgan fingerprint density at radius 1 is 1.67 bits per heavy atom. The summed E-state index contributed by atoms with van der Waals surface area (Å²) in [6, 6.07) is -0.673. The van der Waals surface area contributed by atoms with Crippen LogP contribution in [-0.2, 0) is 13.8 Å². The Morgan fingerprint density at radius 2 is 2.38 bits per heavy atom. The second-order valence-corrected chi connectivity index (χ2v) is 8.99. The minimum atomic E-state index is -3.73. The van der Waals surface area contributed by atoms with Gasteiger partial charge in [-0.1, -0.05) is 27.7 Å². The fraction of sp³-hybridized carbons (Fsp3) is 0.636. The lowest BCUT2D eigenvalue weighted by Crippen LogP contribution is -2.33. The van der Waals surface area contributed by atoms with Crippen LogP contribution >= 0.6 is 30.2 Å². The van der Waals surface area contributed by atoms with Crippen LogP contribution in [0.1, 0.15) is 18.2 Å². The van der Waals surface area contributed by atoms with E-state index in [2.05, 4.69) is 15.0 Å². The van der Waals surface area contributed by atoms with Gasteiger partial charge in [-0.05, 0) is 12.5 Å². The van der Waals surface area contributed by atoms with Crippen LogP contribution in [0.2, 0.25) is 0 Å². The number of aryl methyl sites for hydroxylation is 1. The molecule has 2 N–H and O–H groups in total. The minimum Gasteiger partial charge on any atom is -0.352 e. The Kier molecular flexibility index (Phi) is 6.23. The predicted octanol–water partition coefficient (Wildman–Crippen LogP) is 1.41. The highest BCUT2D eigenvalue weighted by molar-refractivity contribution is 14.1. The van der Waals surface area contributed by atoms with Gasteiger partial charge in [-0.2, -0.15) is 0 Å². The molecule has 0 spiro atoms. The van der Waals surface area contributed by atoms with Crippen LogP contribution in [0.25, 0.3) is 10.4 Å². The first-order valence-electron chi connectivity index (χ1n) is 6.81. The highest BCUT2D eigenvalue weighted by Gasteiger charge is 2.37. The molecule has 0 bridgehead atoms. The SMILES string of the molecule is Cc1cn([C@H]2C[C@H](N=[N+]=[N-])[C@@H](COP(=O)(O)CI)O2)c(=O)[nH]c1=O. The van der Waals surface area contributed by atoms with Crippen LogP contribution in [0, 0.1) is 6.92 Å². The van der Waals surface area contributed by atoms with Crippen LogP contribution in [0.5, 0.6) is 0 Å². The molecular formula is C11H15IN5O6P. The number of aromatic nitrogens is 2. The molecule has 0 aromatic carbocycles. The van der Waals surface area contributed by atoms with Gasteiger partial charge in [0.05, 0.1) is 18.8 Å². The Hall–Kier alpha value is -1.17. The zero-order valence-corrected chi connectivity index (χ0v) is 15.6. The number of hydrogen-bond donors (Lipinski definition) is 2. The molecule has 1 aromatic rings. The third-order valence-electron chi connectivity index (χ3n) is 3.45. The van der Waals surface area contributed by atoms with Crippen LogP contribution in [0.4, 0.5) is 0 Å². The van der Waals surface area contributed by atoms with Crippen molar-refractivity contribution < 1.29 is 18.7 Å². The van der Waals surface area contributed by atoms with E-state index in [4.69, 9.17) is 14.8 Å². The summed E-state index contributed by atoms with van der Waals surface area (Å²) in [5, 5.41) is 3.59. The maximum absolute atomic E-state index is 11.9. The molecule has 1 fully saturated rings. The van der Waals surface area contributed by atoms with Crippen molar-refractivity contribution in [1.29, 1.82) is 0 Å². The summed E-state index contributed by atoms with van der Waals surface area (Å²) in [6.07, 6.45) is -0.0451. The average molecular weight is 471 g/mol. The third-order valence-corrected chi connectivity index (χ3v) is 6.89. The van der Waals surface area contributed by atoms with Gasteiger partial charge >= 0.3 is 13.3 Å². The summed E-state index contributed by atoms with van der Waals surface area (Å²) in [4.78, 5) is 37.7. The lowest BCUT2D eigenvalue weighted by atomic mass is 10.1. The molecule has 1 aliphatic heterocycles. The van der Waals surface area contributed by atoms with Gasteiger partial charge in [-0.15, -0.1) is 0 Å². The van der Waals surface area contributed by atoms with Crippen LogP contribution in [0.15, 0.2) is 20.9 Å². The molecule has 1 unspecified atom stereocenters. The summed E-state index contributed by atoms with van der Waals surface area (Å²) < 4.78 is 23.3. The number of ether oxygens (including phenoxy) is 1. The highest BCUT2D eigenvalue weighted by Crippen LogP contribution is 2.44. The number of alkyl halides is 1. The fourth-order valence-electron chi connectivity index (χ4n) is 2.25. The third kappa shape index (κ3) is 4.47. The second-order valence-electron chi connectivity index (χ2n) is 5.17. The number of azide groups is 1. The van der Waals surface area contributed by atoms with Crippen molar-refractivity contribution in [3.8, 4) is 0 Å². The quantitative estimate of drug-likeness (QED) is 0.159.